The zero-order valence-corrected chi connectivity index (χ0v) is 9.51. The SMILES string of the molecule is Cc1ccc(Nc2cnc(C(=O)O)cn2)cc1F. The number of rotatable bonds is 3. The number of aryl methyl sites for hydroxylation is 1. The molecule has 2 aromatic rings. The standard InChI is InChI=1S/C12H10FN3O2/c1-7-2-3-8(4-9(7)13)16-11-6-14-10(5-15-11)12(17)18/h2-6H,1H3,(H,15,16)(H,17,18). The first kappa shape index (κ1) is 12.0. The minimum Gasteiger partial charge on any atom is -0.476 e. The summed E-state index contributed by atoms with van der Waals surface area (Å²) in [6, 6.07) is 4.67. The Bertz CT molecular complexity index is 584. The van der Waals surface area contributed by atoms with Gasteiger partial charge in [0, 0.05) is 5.69 Å². The van der Waals surface area contributed by atoms with Crippen LogP contribution in [0.4, 0.5) is 15.9 Å². The summed E-state index contributed by atoms with van der Waals surface area (Å²) in [6.07, 6.45) is 2.41. The van der Waals surface area contributed by atoms with Crippen molar-refractivity contribution < 1.29 is 14.3 Å². The lowest BCUT2D eigenvalue weighted by Gasteiger charge is -2.06. The number of carboxylic acid groups (broad SMARTS) is 1. The van der Waals surface area contributed by atoms with Crippen LogP contribution in [0.1, 0.15) is 16.1 Å². The number of anilines is 2. The molecule has 2 rings (SSSR count). The van der Waals surface area contributed by atoms with E-state index in [0.29, 0.717) is 17.1 Å². The van der Waals surface area contributed by atoms with E-state index in [1.165, 1.54) is 12.3 Å². The van der Waals surface area contributed by atoms with Gasteiger partial charge in [0.1, 0.15) is 11.6 Å². The first-order chi connectivity index (χ1) is 8.56. The minimum absolute atomic E-state index is 0.143. The molecule has 0 radical (unpaired) electrons. The number of hydrogen-bond acceptors (Lipinski definition) is 4. The summed E-state index contributed by atoms with van der Waals surface area (Å²) < 4.78 is 13.3. The molecule has 92 valence electrons. The van der Waals surface area contributed by atoms with Crippen LogP contribution in [0.25, 0.3) is 0 Å². The molecule has 0 amide bonds. The minimum atomic E-state index is -1.14. The zero-order chi connectivity index (χ0) is 13.1. The van der Waals surface area contributed by atoms with Crippen LogP contribution < -0.4 is 5.32 Å². The summed E-state index contributed by atoms with van der Waals surface area (Å²) in [4.78, 5) is 18.1. The molecule has 0 fully saturated rings. The Kier molecular flexibility index (Phi) is 3.18. The molecular formula is C12H10FN3O2. The molecule has 18 heavy (non-hydrogen) atoms. The molecule has 1 heterocycles. The highest BCUT2D eigenvalue weighted by atomic mass is 19.1. The third-order valence-corrected chi connectivity index (χ3v) is 2.32. The van der Waals surface area contributed by atoms with E-state index < -0.39 is 5.97 Å². The molecular weight excluding hydrogens is 237 g/mol. The lowest BCUT2D eigenvalue weighted by molar-refractivity contribution is 0.0690. The van der Waals surface area contributed by atoms with Crippen molar-refractivity contribution in [1.29, 1.82) is 0 Å². The van der Waals surface area contributed by atoms with Crippen LogP contribution in [-0.4, -0.2) is 21.0 Å². The molecule has 0 aliphatic carbocycles. The van der Waals surface area contributed by atoms with Crippen LogP contribution in [0.3, 0.4) is 0 Å². The number of aromatic nitrogens is 2. The predicted octanol–water partition coefficient (Wildman–Crippen LogP) is 2.37. The van der Waals surface area contributed by atoms with Gasteiger partial charge in [-0.15, -0.1) is 0 Å². The van der Waals surface area contributed by atoms with Gasteiger partial charge in [0.25, 0.3) is 0 Å². The number of carboxylic acids is 1. The van der Waals surface area contributed by atoms with E-state index in [1.54, 1.807) is 19.1 Å². The summed E-state index contributed by atoms with van der Waals surface area (Å²) in [5.41, 5.74) is 0.930. The highest BCUT2D eigenvalue weighted by Gasteiger charge is 2.05. The van der Waals surface area contributed by atoms with Crippen LogP contribution in [0.2, 0.25) is 0 Å². The molecule has 0 atom stereocenters. The van der Waals surface area contributed by atoms with Crippen molar-refractivity contribution in [3.8, 4) is 0 Å². The fourth-order valence-corrected chi connectivity index (χ4v) is 1.32. The average molecular weight is 247 g/mol. The van der Waals surface area contributed by atoms with Crippen LogP contribution in [0, 0.1) is 12.7 Å². The Morgan fingerprint density at radius 1 is 1.33 bits per heavy atom. The van der Waals surface area contributed by atoms with Crippen molar-refractivity contribution in [2.45, 2.75) is 6.92 Å². The van der Waals surface area contributed by atoms with Gasteiger partial charge in [0.15, 0.2) is 5.69 Å². The number of halogens is 1. The Morgan fingerprint density at radius 3 is 2.67 bits per heavy atom. The highest BCUT2D eigenvalue weighted by Crippen LogP contribution is 2.17. The fourth-order valence-electron chi connectivity index (χ4n) is 1.32. The molecule has 0 bridgehead atoms. The largest absolute Gasteiger partial charge is 0.476 e. The molecule has 1 aromatic carbocycles. The summed E-state index contributed by atoms with van der Waals surface area (Å²) in [5, 5.41) is 11.5. The molecule has 0 saturated carbocycles. The van der Waals surface area contributed by atoms with Gasteiger partial charge < -0.3 is 10.4 Å². The maximum absolute atomic E-state index is 13.3. The number of benzene rings is 1. The third-order valence-electron chi connectivity index (χ3n) is 2.32. The van der Waals surface area contributed by atoms with Gasteiger partial charge in [-0.1, -0.05) is 6.07 Å². The van der Waals surface area contributed by atoms with Gasteiger partial charge in [0.2, 0.25) is 0 Å². The van der Waals surface area contributed by atoms with E-state index >= 15 is 0 Å². The van der Waals surface area contributed by atoms with Crippen molar-refractivity contribution >= 4 is 17.5 Å². The zero-order valence-electron chi connectivity index (χ0n) is 9.51. The molecule has 1 aromatic heterocycles. The number of nitrogens with zero attached hydrogens (tertiary/aromatic N) is 2. The van der Waals surface area contributed by atoms with Gasteiger partial charge in [-0.3, -0.25) is 0 Å². The van der Waals surface area contributed by atoms with Gasteiger partial charge in [0.05, 0.1) is 12.4 Å². The number of nitrogens with one attached hydrogen (secondary N) is 1. The molecule has 0 spiro atoms. The van der Waals surface area contributed by atoms with E-state index in [4.69, 9.17) is 5.11 Å². The Hall–Kier alpha value is -2.50. The van der Waals surface area contributed by atoms with Gasteiger partial charge in [-0.2, -0.15) is 0 Å². The fraction of sp³-hybridized carbons (Fsp3) is 0.0833. The van der Waals surface area contributed by atoms with Crippen molar-refractivity contribution in [1.82, 2.24) is 9.97 Å². The Balaban J connectivity index is 2.18. The molecule has 0 aliphatic heterocycles. The summed E-state index contributed by atoms with van der Waals surface area (Å²) >= 11 is 0. The normalized spacial score (nSPS) is 10.1. The van der Waals surface area contributed by atoms with Crippen LogP contribution in [-0.2, 0) is 0 Å². The van der Waals surface area contributed by atoms with Gasteiger partial charge >= 0.3 is 5.97 Å². The summed E-state index contributed by atoms with van der Waals surface area (Å²) in [7, 11) is 0. The molecule has 6 heteroatoms. The Labute approximate surface area is 102 Å². The summed E-state index contributed by atoms with van der Waals surface area (Å²) in [5.74, 6) is -1.12. The first-order valence-corrected chi connectivity index (χ1v) is 5.15. The molecule has 0 aliphatic rings. The topological polar surface area (TPSA) is 75.1 Å². The van der Waals surface area contributed by atoms with Crippen molar-refractivity contribution in [3.63, 3.8) is 0 Å². The van der Waals surface area contributed by atoms with E-state index in [0.717, 1.165) is 6.20 Å². The van der Waals surface area contributed by atoms with Crippen molar-refractivity contribution in [2.75, 3.05) is 5.32 Å². The first-order valence-electron chi connectivity index (χ1n) is 5.15. The summed E-state index contributed by atoms with van der Waals surface area (Å²) in [6.45, 7) is 1.67. The monoisotopic (exact) mass is 247 g/mol. The van der Waals surface area contributed by atoms with Crippen molar-refractivity contribution in [2.24, 2.45) is 0 Å². The van der Waals surface area contributed by atoms with Crippen LogP contribution in [0.15, 0.2) is 30.6 Å². The third kappa shape index (κ3) is 2.60. The van der Waals surface area contributed by atoms with E-state index in [2.05, 4.69) is 15.3 Å². The molecule has 2 N–H and O–H groups in total. The Morgan fingerprint density at radius 2 is 2.11 bits per heavy atom. The van der Waals surface area contributed by atoms with E-state index in [-0.39, 0.29) is 11.5 Å². The molecule has 0 saturated heterocycles. The second-order valence-electron chi connectivity index (χ2n) is 3.68. The second-order valence-corrected chi connectivity index (χ2v) is 3.68. The predicted molar refractivity (Wildman–Crippen MR) is 63.4 cm³/mol. The van der Waals surface area contributed by atoms with E-state index in [9.17, 15) is 9.18 Å². The number of hydrogen-bond donors (Lipinski definition) is 2. The van der Waals surface area contributed by atoms with E-state index in [1.807, 2.05) is 0 Å². The van der Waals surface area contributed by atoms with Gasteiger partial charge in [-0.25, -0.2) is 19.2 Å². The second kappa shape index (κ2) is 4.79. The highest BCUT2D eigenvalue weighted by molar-refractivity contribution is 5.85. The number of aromatic carboxylic acids is 1. The maximum atomic E-state index is 13.3. The van der Waals surface area contributed by atoms with Crippen LogP contribution >= 0.6 is 0 Å². The maximum Gasteiger partial charge on any atom is 0.356 e. The van der Waals surface area contributed by atoms with Crippen LogP contribution in [0.5, 0.6) is 0 Å². The quantitative estimate of drug-likeness (QED) is 0.870. The van der Waals surface area contributed by atoms with Crippen molar-refractivity contribution in [3.05, 3.63) is 47.7 Å². The molecule has 5 nitrogen and oxygen atoms in total. The lowest BCUT2D eigenvalue weighted by Crippen LogP contribution is -2.02. The van der Waals surface area contributed by atoms with Gasteiger partial charge in [-0.05, 0) is 24.6 Å². The smallest absolute Gasteiger partial charge is 0.356 e. The lowest BCUT2D eigenvalue weighted by atomic mass is 10.2. The number of carbonyl (C=O) groups is 1. The average Bonchev–Trinajstić information content (AvgIpc) is 2.34. The molecule has 0 unspecified atom stereocenters.